The molecule has 1 atom stereocenters. The van der Waals surface area contributed by atoms with Crippen molar-refractivity contribution in [1.82, 2.24) is 0 Å². The number of hydrogen-bond acceptors (Lipinski definition) is 5. The van der Waals surface area contributed by atoms with Crippen LogP contribution in [0.2, 0.25) is 0 Å². The average molecular weight is 303 g/mol. The van der Waals surface area contributed by atoms with Crippen LogP contribution in [0.25, 0.3) is 0 Å². The molecular formula is C9H7F4O5S-. The average Bonchev–Trinajstić information content (AvgIpc) is 2.30. The van der Waals surface area contributed by atoms with Crippen LogP contribution in [0, 0.1) is 23.3 Å². The molecule has 0 bridgehead atoms. The summed E-state index contributed by atoms with van der Waals surface area (Å²) in [5.41, 5.74) is 0. The Labute approximate surface area is 105 Å². The third kappa shape index (κ3) is 2.96. The zero-order valence-corrected chi connectivity index (χ0v) is 10.4. The van der Waals surface area contributed by atoms with Gasteiger partial charge in [0, 0.05) is 7.11 Å². The van der Waals surface area contributed by atoms with Crippen molar-refractivity contribution in [2.45, 2.75) is 18.1 Å². The molecule has 0 spiro atoms. The van der Waals surface area contributed by atoms with Crippen LogP contribution >= 0.6 is 0 Å². The summed E-state index contributed by atoms with van der Waals surface area (Å²) in [5.74, 6) is -10.5. The Bertz CT molecular complexity index is 572. The Morgan fingerprint density at radius 2 is 1.47 bits per heavy atom. The molecule has 0 saturated carbocycles. The SMILES string of the molecule is COC(C)Oc1c(F)c(F)c(S(=O)(=O)[O-])c(F)c1F. The van der Waals surface area contributed by atoms with E-state index in [2.05, 4.69) is 9.47 Å². The summed E-state index contributed by atoms with van der Waals surface area (Å²) in [6, 6.07) is 0. The Morgan fingerprint density at radius 3 is 1.79 bits per heavy atom. The van der Waals surface area contributed by atoms with Crippen LogP contribution in [0.3, 0.4) is 0 Å². The van der Waals surface area contributed by atoms with Crippen molar-refractivity contribution in [3.63, 3.8) is 0 Å². The summed E-state index contributed by atoms with van der Waals surface area (Å²) < 4.78 is 93.7. The Balaban J connectivity index is 3.57. The zero-order chi connectivity index (χ0) is 15.0. The van der Waals surface area contributed by atoms with E-state index in [1.807, 2.05) is 0 Å². The lowest BCUT2D eigenvalue weighted by Gasteiger charge is -2.17. The van der Waals surface area contributed by atoms with Gasteiger partial charge in [-0.2, -0.15) is 8.78 Å². The second-order valence-electron chi connectivity index (χ2n) is 3.29. The molecule has 10 heteroatoms. The largest absolute Gasteiger partial charge is 0.744 e. The second-order valence-corrected chi connectivity index (χ2v) is 4.61. The summed E-state index contributed by atoms with van der Waals surface area (Å²) in [7, 11) is -4.64. The Hall–Kier alpha value is -1.39. The van der Waals surface area contributed by atoms with E-state index in [1.54, 1.807) is 0 Å². The molecular weight excluding hydrogens is 296 g/mol. The second kappa shape index (κ2) is 5.31. The standard InChI is InChI=1S/C9H8F4O5S/c1-3(17-2)18-8-4(10)6(12)9(19(14,15)16)7(13)5(8)11/h3H,1-2H3,(H,14,15,16)/p-1. The molecule has 0 aliphatic rings. The van der Waals surface area contributed by atoms with Gasteiger partial charge in [-0.25, -0.2) is 17.2 Å². The van der Waals surface area contributed by atoms with Gasteiger partial charge in [0.05, 0.1) is 0 Å². The molecule has 0 aliphatic carbocycles. The molecule has 0 saturated heterocycles. The van der Waals surface area contributed by atoms with E-state index in [4.69, 9.17) is 0 Å². The maximum absolute atomic E-state index is 13.4. The highest BCUT2D eigenvalue weighted by atomic mass is 32.2. The van der Waals surface area contributed by atoms with Crippen molar-refractivity contribution >= 4 is 10.1 Å². The first-order chi connectivity index (χ1) is 8.61. The maximum Gasteiger partial charge on any atom is 0.205 e. The lowest BCUT2D eigenvalue weighted by atomic mass is 10.3. The topological polar surface area (TPSA) is 75.7 Å². The number of rotatable bonds is 4. The fourth-order valence-electron chi connectivity index (χ4n) is 1.13. The first-order valence-electron chi connectivity index (χ1n) is 4.62. The Kier molecular flexibility index (Phi) is 4.38. The lowest BCUT2D eigenvalue weighted by Crippen LogP contribution is -2.18. The predicted molar refractivity (Wildman–Crippen MR) is 51.3 cm³/mol. The summed E-state index contributed by atoms with van der Waals surface area (Å²) in [6.45, 7) is 1.16. The molecule has 1 rings (SSSR count). The van der Waals surface area contributed by atoms with Crippen molar-refractivity contribution in [1.29, 1.82) is 0 Å². The van der Waals surface area contributed by atoms with Gasteiger partial charge in [0.15, 0.2) is 23.7 Å². The number of benzene rings is 1. The monoisotopic (exact) mass is 303 g/mol. The number of methoxy groups -OCH3 is 1. The van der Waals surface area contributed by atoms with Crippen LogP contribution in [0.5, 0.6) is 5.75 Å². The van der Waals surface area contributed by atoms with Gasteiger partial charge in [-0.1, -0.05) is 0 Å². The molecule has 0 N–H and O–H groups in total. The smallest absolute Gasteiger partial charge is 0.205 e. The van der Waals surface area contributed by atoms with E-state index in [0.29, 0.717) is 0 Å². The van der Waals surface area contributed by atoms with Crippen molar-refractivity contribution in [2.24, 2.45) is 0 Å². The normalized spacial score (nSPS) is 13.4. The molecule has 1 unspecified atom stereocenters. The molecule has 1 aromatic carbocycles. The highest BCUT2D eigenvalue weighted by Crippen LogP contribution is 2.32. The van der Waals surface area contributed by atoms with Crippen molar-refractivity contribution in [2.75, 3.05) is 7.11 Å². The van der Waals surface area contributed by atoms with Gasteiger partial charge in [0.2, 0.25) is 11.6 Å². The van der Waals surface area contributed by atoms with Crippen LogP contribution < -0.4 is 4.74 Å². The summed E-state index contributed by atoms with van der Waals surface area (Å²) in [6.07, 6.45) is -1.27. The van der Waals surface area contributed by atoms with Gasteiger partial charge in [-0.05, 0) is 6.92 Å². The minimum Gasteiger partial charge on any atom is -0.744 e. The lowest BCUT2D eigenvalue weighted by molar-refractivity contribution is -0.0435. The summed E-state index contributed by atoms with van der Waals surface area (Å²) in [4.78, 5) is -2.24. The third-order valence-corrected chi connectivity index (χ3v) is 2.91. The van der Waals surface area contributed by atoms with Crippen molar-refractivity contribution < 1.29 is 40.0 Å². The van der Waals surface area contributed by atoms with Crippen LogP contribution in [0.15, 0.2) is 4.90 Å². The van der Waals surface area contributed by atoms with Gasteiger partial charge in [0.1, 0.15) is 15.0 Å². The minimum absolute atomic E-state index is 1.09. The van der Waals surface area contributed by atoms with Gasteiger partial charge in [0.25, 0.3) is 0 Å². The first-order valence-corrected chi connectivity index (χ1v) is 6.03. The molecule has 19 heavy (non-hydrogen) atoms. The molecule has 5 nitrogen and oxygen atoms in total. The molecule has 0 aliphatic heterocycles. The summed E-state index contributed by atoms with van der Waals surface area (Å²) >= 11 is 0. The van der Waals surface area contributed by atoms with Crippen LogP contribution in [-0.4, -0.2) is 26.4 Å². The van der Waals surface area contributed by atoms with E-state index in [0.717, 1.165) is 14.0 Å². The summed E-state index contributed by atoms with van der Waals surface area (Å²) in [5, 5.41) is 0. The minimum atomic E-state index is -5.73. The number of halogens is 4. The first kappa shape index (κ1) is 15.7. The zero-order valence-electron chi connectivity index (χ0n) is 9.54. The van der Waals surface area contributed by atoms with Gasteiger partial charge in [-0.3, -0.25) is 0 Å². The molecule has 108 valence electrons. The molecule has 0 radical (unpaired) electrons. The quantitative estimate of drug-likeness (QED) is 0.365. The maximum atomic E-state index is 13.4. The molecule has 0 aromatic heterocycles. The Morgan fingerprint density at radius 1 is 1.05 bits per heavy atom. The molecule has 0 fully saturated rings. The molecule has 1 aromatic rings. The van der Waals surface area contributed by atoms with Crippen molar-refractivity contribution in [3.8, 4) is 5.75 Å². The van der Waals surface area contributed by atoms with Gasteiger partial charge in [-0.15, -0.1) is 0 Å². The van der Waals surface area contributed by atoms with E-state index in [-0.39, 0.29) is 0 Å². The van der Waals surface area contributed by atoms with Crippen LogP contribution in [0.4, 0.5) is 17.6 Å². The molecule has 0 heterocycles. The highest BCUT2D eigenvalue weighted by molar-refractivity contribution is 7.85. The van der Waals surface area contributed by atoms with Gasteiger partial charge >= 0.3 is 0 Å². The van der Waals surface area contributed by atoms with E-state index in [9.17, 15) is 30.5 Å². The number of hydrogen-bond donors (Lipinski definition) is 0. The third-order valence-electron chi connectivity index (χ3n) is 2.05. The highest BCUT2D eigenvalue weighted by Gasteiger charge is 2.30. The fourth-order valence-corrected chi connectivity index (χ4v) is 1.75. The van der Waals surface area contributed by atoms with Crippen LogP contribution in [-0.2, 0) is 14.9 Å². The van der Waals surface area contributed by atoms with E-state index >= 15 is 0 Å². The van der Waals surface area contributed by atoms with E-state index in [1.165, 1.54) is 0 Å². The predicted octanol–water partition coefficient (Wildman–Crippen LogP) is 1.52. The van der Waals surface area contributed by atoms with Crippen molar-refractivity contribution in [3.05, 3.63) is 23.3 Å². The fraction of sp³-hybridized carbons (Fsp3) is 0.333. The molecule has 0 amide bonds. The van der Waals surface area contributed by atoms with E-state index < -0.39 is 50.3 Å². The van der Waals surface area contributed by atoms with Crippen LogP contribution in [0.1, 0.15) is 6.92 Å². The van der Waals surface area contributed by atoms with Gasteiger partial charge < -0.3 is 14.0 Å². The number of ether oxygens (including phenoxy) is 2.